The molecule has 0 spiro atoms. The van der Waals surface area contributed by atoms with Crippen LogP contribution < -0.4 is 0 Å². The molecule has 1 aliphatic heterocycles. The molecule has 0 aliphatic carbocycles. The molecule has 7 nitrogen and oxygen atoms in total. The Bertz CT molecular complexity index is 650. The highest BCUT2D eigenvalue weighted by molar-refractivity contribution is 5.76. The number of para-hydroxylation sites is 1. The smallest absolute Gasteiger partial charge is 0.223 e. The number of amides is 1. The van der Waals surface area contributed by atoms with Crippen LogP contribution in [0.4, 0.5) is 0 Å². The molecule has 3 rings (SSSR count). The predicted molar refractivity (Wildman–Crippen MR) is 89.8 cm³/mol. The van der Waals surface area contributed by atoms with E-state index >= 15 is 0 Å². The summed E-state index contributed by atoms with van der Waals surface area (Å²) in [6.07, 6.45) is 2.69. The highest BCUT2D eigenvalue weighted by Crippen LogP contribution is 2.11. The molecule has 1 aromatic heterocycles. The highest BCUT2D eigenvalue weighted by Gasteiger charge is 2.21. The quantitative estimate of drug-likeness (QED) is 0.827. The van der Waals surface area contributed by atoms with Crippen LogP contribution in [0.15, 0.2) is 36.7 Å². The van der Waals surface area contributed by atoms with Crippen molar-refractivity contribution >= 4 is 5.91 Å². The molecule has 1 fully saturated rings. The van der Waals surface area contributed by atoms with E-state index in [1.165, 1.54) is 0 Å². The standard InChI is InChI=1S/C17H23N5O2/c23-13-12-20-8-10-21(11-9-20)17(24)7-6-16-19-18-14-22(16)15-4-2-1-3-5-15/h1-5,14,23H,6-13H2. The number of hydrogen-bond acceptors (Lipinski definition) is 5. The molecule has 0 bridgehead atoms. The van der Waals surface area contributed by atoms with Gasteiger partial charge in [-0.3, -0.25) is 14.3 Å². The van der Waals surface area contributed by atoms with Gasteiger partial charge in [-0.2, -0.15) is 0 Å². The van der Waals surface area contributed by atoms with Crippen LogP contribution in [-0.2, 0) is 11.2 Å². The third kappa shape index (κ3) is 3.98. The first-order chi connectivity index (χ1) is 11.8. The van der Waals surface area contributed by atoms with E-state index in [4.69, 9.17) is 5.11 Å². The fourth-order valence-corrected chi connectivity index (χ4v) is 2.97. The van der Waals surface area contributed by atoms with Crippen LogP contribution in [0.25, 0.3) is 5.69 Å². The number of rotatable bonds is 6. The van der Waals surface area contributed by atoms with Gasteiger partial charge in [0.15, 0.2) is 0 Å². The summed E-state index contributed by atoms with van der Waals surface area (Å²) in [6, 6.07) is 9.89. The van der Waals surface area contributed by atoms with E-state index in [1.807, 2.05) is 39.8 Å². The van der Waals surface area contributed by atoms with Crippen molar-refractivity contribution < 1.29 is 9.90 Å². The average Bonchev–Trinajstić information content (AvgIpc) is 3.10. The highest BCUT2D eigenvalue weighted by atomic mass is 16.3. The first-order valence-corrected chi connectivity index (χ1v) is 8.33. The zero-order valence-electron chi connectivity index (χ0n) is 13.7. The van der Waals surface area contributed by atoms with E-state index in [0.29, 0.717) is 19.4 Å². The number of carbonyl (C=O) groups excluding carboxylic acids is 1. The van der Waals surface area contributed by atoms with Gasteiger partial charge in [0.05, 0.1) is 6.61 Å². The van der Waals surface area contributed by atoms with Gasteiger partial charge in [0, 0.05) is 51.3 Å². The van der Waals surface area contributed by atoms with E-state index in [1.54, 1.807) is 6.33 Å². The van der Waals surface area contributed by atoms with Gasteiger partial charge in [0.1, 0.15) is 12.2 Å². The van der Waals surface area contributed by atoms with Gasteiger partial charge in [-0.15, -0.1) is 10.2 Å². The number of aryl methyl sites for hydroxylation is 1. The normalized spacial score (nSPS) is 15.6. The number of aliphatic hydroxyl groups excluding tert-OH is 1. The first-order valence-electron chi connectivity index (χ1n) is 8.33. The molecule has 2 heterocycles. The Morgan fingerprint density at radius 2 is 1.88 bits per heavy atom. The minimum Gasteiger partial charge on any atom is -0.395 e. The zero-order chi connectivity index (χ0) is 16.8. The maximum atomic E-state index is 12.4. The van der Waals surface area contributed by atoms with Gasteiger partial charge in [0.25, 0.3) is 0 Å². The van der Waals surface area contributed by atoms with Crippen molar-refractivity contribution in [3.05, 3.63) is 42.5 Å². The average molecular weight is 329 g/mol. The maximum Gasteiger partial charge on any atom is 0.223 e. The third-order valence-corrected chi connectivity index (χ3v) is 4.36. The Hall–Kier alpha value is -2.25. The Kier molecular flexibility index (Phi) is 5.55. The summed E-state index contributed by atoms with van der Waals surface area (Å²) in [6.45, 7) is 3.96. The van der Waals surface area contributed by atoms with Crippen molar-refractivity contribution in [2.45, 2.75) is 12.8 Å². The maximum absolute atomic E-state index is 12.4. The van der Waals surface area contributed by atoms with Gasteiger partial charge in [-0.1, -0.05) is 18.2 Å². The second-order valence-corrected chi connectivity index (χ2v) is 5.90. The molecule has 128 valence electrons. The second kappa shape index (κ2) is 8.03. The van der Waals surface area contributed by atoms with E-state index < -0.39 is 0 Å². The van der Waals surface area contributed by atoms with Crippen molar-refractivity contribution in [1.29, 1.82) is 0 Å². The van der Waals surface area contributed by atoms with E-state index in [-0.39, 0.29) is 12.5 Å². The zero-order valence-corrected chi connectivity index (χ0v) is 13.7. The lowest BCUT2D eigenvalue weighted by Gasteiger charge is -2.34. The number of piperazine rings is 1. The largest absolute Gasteiger partial charge is 0.395 e. The molecule has 1 amide bonds. The lowest BCUT2D eigenvalue weighted by molar-refractivity contribution is -0.133. The number of carbonyl (C=O) groups is 1. The topological polar surface area (TPSA) is 74.5 Å². The summed E-state index contributed by atoms with van der Waals surface area (Å²) >= 11 is 0. The van der Waals surface area contributed by atoms with Crippen LogP contribution in [0.2, 0.25) is 0 Å². The summed E-state index contributed by atoms with van der Waals surface area (Å²) in [5.74, 6) is 0.953. The lowest BCUT2D eigenvalue weighted by atomic mass is 10.2. The number of β-amino-alcohol motifs (C(OH)–C–C–N with tert-alkyl or cyclic N) is 1. The molecule has 0 radical (unpaired) electrons. The monoisotopic (exact) mass is 329 g/mol. The summed E-state index contributed by atoms with van der Waals surface area (Å²) in [7, 11) is 0. The van der Waals surface area contributed by atoms with Crippen molar-refractivity contribution in [3.8, 4) is 5.69 Å². The summed E-state index contributed by atoms with van der Waals surface area (Å²) < 4.78 is 1.92. The van der Waals surface area contributed by atoms with Crippen LogP contribution in [0.1, 0.15) is 12.2 Å². The van der Waals surface area contributed by atoms with Gasteiger partial charge in [-0.05, 0) is 12.1 Å². The van der Waals surface area contributed by atoms with Crippen molar-refractivity contribution in [2.24, 2.45) is 0 Å². The van der Waals surface area contributed by atoms with Crippen LogP contribution in [0.5, 0.6) is 0 Å². The summed E-state index contributed by atoms with van der Waals surface area (Å²) in [5, 5.41) is 17.1. The fraction of sp³-hybridized carbons (Fsp3) is 0.471. The van der Waals surface area contributed by atoms with E-state index in [2.05, 4.69) is 15.1 Å². The van der Waals surface area contributed by atoms with Crippen molar-refractivity contribution in [2.75, 3.05) is 39.3 Å². The Labute approximate surface area is 141 Å². The van der Waals surface area contributed by atoms with Crippen LogP contribution in [0, 0.1) is 0 Å². The van der Waals surface area contributed by atoms with Gasteiger partial charge >= 0.3 is 0 Å². The lowest BCUT2D eigenvalue weighted by Crippen LogP contribution is -2.49. The Morgan fingerprint density at radius 3 is 2.58 bits per heavy atom. The predicted octanol–water partition coefficient (Wildman–Crippen LogP) is 0.336. The minimum absolute atomic E-state index is 0.154. The second-order valence-electron chi connectivity index (χ2n) is 5.90. The molecular weight excluding hydrogens is 306 g/mol. The number of aromatic nitrogens is 3. The van der Waals surface area contributed by atoms with Gasteiger partial charge in [-0.25, -0.2) is 0 Å². The van der Waals surface area contributed by atoms with E-state index in [9.17, 15) is 4.79 Å². The molecule has 2 aromatic rings. The Balaban J connectivity index is 1.54. The van der Waals surface area contributed by atoms with Gasteiger partial charge < -0.3 is 10.0 Å². The van der Waals surface area contributed by atoms with Crippen LogP contribution in [0.3, 0.4) is 0 Å². The summed E-state index contributed by atoms with van der Waals surface area (Å²) in [4.78, 5) is 16.5. The molecule has 0 unspecified atom stereocenters. The number of hydrogen-bond donors (Lipinski definition) is 1. The molecule has 1 N–H and O–H groups in total. The molecule has 0 atom stereocenters. The number of aliphatic hydroxyl groups is 1. The van der Waals surface area contributed by atoms with Crippen molar-refractivity contribution in [1.82, 2.24) is 24.6 Å². The molecular formula is C17H23N5O2. The van der Waals surface area contributed by atoms with Crippen LogP contribution >= 0.6 is 0 Å². The molecule has 24 heavy (non-hydrogen) atoms. The molecule has 1 aromatic carbocycles. The fourth-order valence-electron chi connectivity index (χ4n) is 2.97. The SMILES string of the molecule is O=C(CCc1nncn1-c1ccccc1)N1CCN(CCO)CC1. The number of nitrogens with zero attached hydrogens (tertiary/aromatic N) is 5. The Morgan fingerprint density at radius 1 is 1.12 bits per heavy atom. The number of benzene rings is 1. The summed E-state index contributed by atoms with van der Waals surface area (Å²) in [5.41, 5.74) is 1.00. The molecule has 1 aliphatic rings. The first kappa shape index (κ1) is 16.6. The third-order valence-electron chi connectivity index (χ3n) is 4.36. The van der Waals surface area contributed by atoms with Crippen LogP contribution in [-0.4, -0.2) is 74.9 Å². The molecule has 1 saturated heterocycles. The molecule has 7 heteroatoms. The molecule has 0 saturated carbocycles. The van der Waals surface area contributed by atoms with Gasteiger partial charge in [0.2, 0.25) is 5.91 Å². The van der Waals surface area contributed by atoms with Crippen molar-refractivity contribution in [3.63, 3.8) is 0 Å². The minimum atomic E-state index is 0.154. The van der Waals surface area contributed by atoms with E-state index in [0.717, 1.165) is 37.7 Å².